The van der Waals surface area contributed by atoms with Gasteiger partial charge in [0, 0.05) is 62.2 Å². The Bertz CT molecular complexity index is 913. The van der Waals surface area contributed by atoms with Gasteiger partial charge >= 0.3 is 0 Å². The lowest BCUT2D eigenvalue weighted by Crippen LogP contribution is -2.47. The molecule has 2 aromatic carbocycles. The zero-order chi connectivity index (χ0) is 18.6. The molecule has 0 spiro atoms. The second-order valence-corrected chi connectivity index (χ2v) is 7.33. The summed E-state index contributed by atoms with van der Waals surface area (Å²) < 4.78 is 0. The fourth-order valence-corrected chi connectivity index (χ4v) is 3.90. The molecule has 1 aliphatic rings. The van der Waals surface area contributed by atoms with E-state index in [2.05, 4.69) is 81.6 Å². The average Bonchev–Trinajstić information content (AvgIpc) is 2.72. The molecule has 0 bridgehead atoms. The van der Waals surface area contributed by atoms with Gasteiger partial charge in [-0.2, -0.15) is 0 Å². The quantitative estimate of drug-likeness (QED) is 0.746. The highest BCUT2D eigenvalue weighted by atomic mass is 15.3. The second kappa shape index (κ2) is 7.97. The first-order valence-corrected chi connectivity index (χ1v) is 9.83. The summed E-state index contributed by atoms with van der Waals surface area (Å²) in [5.41, 5.74) is 6.09. The number of nitrogens with one attached hydrogen (secondary N) is 1. The van der Waals surface area contributed by atoms with Crippen LogP contribution in [-0.4, -0.2) is 49.7 Å². The van der Waals surface area contributed by atoms with Gasteiger partial charge < -0.3 is 10.2 Å². The van der Waals surface area contributed by atoms with E-state index in [1.807, 2.05) is 7.05 Å². The Morgan fingerprint density at radius 3 is 2.59 bits per heavy atom. The van der Waals surface area contributed by atoms with Crippen LogP contribution in [0, 0.1) is 6.92 Å². The van der Waals surface area contributed by atoms with Gasteiger partial charge in [-0.3, -0.25) is 9.88 Å². The molecule has 0 radical (unpaired) electrons. The zero-order valence-corrected chi connectivity index (χ0v) is 16.3. The Hall–Kier alpha value is -2.59. The van der Waals surface area contributed by atoms with E-state index in [1.54, 1.807) is 0 Å². The van der Waals surface area contributed by atoms with Crippen LogP contribution in [0.25, 0.3) is 10.9 Å². The minimum absolute atomic E-state index is 1.07. The first-order chi connectivity index (χ1) is 13.2. The normalized spacial score (nSPS) is 15.3. The smallest absolute Gasteiger partial charge is 0.0726 e. The lowest BCUT2D eigenvalue weighted by atomic mass is 10.1. The topological polar surface area (TPSA) is 31.4 Å². The van der Waals surface area contributed by atoms with E-state index in [1.165, 1.54) is 22.3 Å². The van der Waals surface area contributed by atoms with Gasteiger partial charge in [0.2, 0.25) is 0 Å². The first-order valence-electron chi connectivity index (χ1n) is 9.83. The molecule has 4 nitrogen and oxygen atoms in total. The maximum atomic E-state index is 4.68. The molecular weight excluding hydrogens is 332 g/mol. The van der Waals surface area contributed by atoms with E-state index in [9.17, 15) is 0 Å². The van der Waals surface area contributed by atoms with Crippen molar-refractivity contribution in [3.05, 3.63) is 65.9 Å². The molecule has 0 amide bonds. The Labute approximate surface area is 161 Å². The predicted molar refractivity (Wildman–Crippen MR) is 115 cm³/mol. The van der Waals surface area contributed by atoms with Gasteiger partial charge in [0.25, 0.3) is 0 Å². The van der Waals surface area contributed by atoms with Crippen molar-refractivity contribution in [1.82, 2.24) is 9.88 Å². The number of hydrogen-bond acceptors (Lipinski definition) is 4. The molecule has 1 aliphatic heterocycles. The maximum absolute atomic E-state index is 4.68. The van der Waals surface area contributed by atoms with Crippen molar-refractivity contribution in [2.75, 3.05) is 50.0 Å². The van der Waals surface area contributed by atoms with Crippen molar-refractivity contribution in [2.45, 2.75) is 13.3 Å². The number of fused-ring (bicyclic) bond motifs is 1. The van der Waals surface area contributed by atoms with Crippen molar-refractivity contribution < 1.29 is 0 Å². The lowest BCUT2D eigenvalue weighted by Gasteiger charge is -2.36. The van der Waals surface area contributed by atoms with Gasteiger partial charge in [0.05, 0.1) is 5.52 Å². The van der Waals surface area contributed by atoms with Crippen LogP contribution in [0.5, 0.6) is 0 Å². The lowest BCUT2D eigenvalue weighted by molar-refractivity contribution is 0.261. The Kier molecular flexibility index (Phi) is 5.26. The number of aromatic nitrogens is 1. The Morgan fingerprint density at radius 2 is 1.78 bits per heavy atom. The zero-order valence-electron chi connectivity index (χ0n) is 16.3. The largest absolute Gasteiger partial charge is 0.388 e. The fraction of sp³-hybridized carbons (Fsp3) is 0.348. The summed E-state index contributed by atoms with van der Waals surface area (Å²) >= 11 is 0. The third-order valence-corrected chi connectivity index (χ3v) is 5.49. The number of hydrogen-bond donors (Lipinski definition) is 1. The molecule has 140 valence electrons. The minimum atomic E-state index is 1.07. The van der Waals surface area contributed by atoms with E-state index in [0.717, 1.165) is 50.4 Å². The van der Waals surface area contributed by atoms with Gasteiger partial charge in [-0.1, -0.05) is 18.2 Å². The average molecular weight is 361 g/mol. The number of anilines is 2. The summed E-state index contributed by atoms with van der Waals surface area (Å²) in [4.78, 5) is 9.77. The fourth-order valence-electron chi connectivity index (χ4n) is 3.90. The molecule has 4 rings (SSSR count). The van der Waals surface area contributed by atoms with Crippen molar-refractivity contribution >= 4 is 22.3 Å². The number of nitrogens with zero attached hydrogens (tertiary/aromatic N) is 3. The van der Waals surface area contributed by atoms with Crippen molar-refractivity contribution in [3.63, 3.8) is 0 Å². The standard InChI is InChI=1S/C23H28N4/c1-18-9-10-21-22(25-18)7-4-8-23(21)27-15-13-26(14-16-27)12-11-19-5-3-6-20(17-19)24-2/h3-10,17,24H,11-16H2,1-2H3. The van der Waals surface area contributed by atoms with E-state index in [0.29, 0.717) is 0 Å². The number of rotatable bonds is 5. The van der Waals surface area contributed by atoms with Crippen molar-refractivity contribution in [3.8, 4) is 0 Å². The van der Waals surface area contributed by atoms with Gasteiger partial charge in [-0.05, 0) is 55.3 Å². The molecule has 1 fully saturated rings. The van der Waals surface area contributed by atoms with Crippen LogP contribution < -0.4 is 10.2 Å². The molecule has 0 atom stereocenters. The first kappa shape index (κ1) is 17.8. The predicted octanol–water partition coefficient (Wildman–Crippen LogP) is 3.95. The molecule has 0 saturated carbocycles. The summed E-state index contributed by atoms with van der Waals surface area (Å²) in [6.07, 6.45) is 1.10. The van der Waals surface area contributed by atoms with Crippen LogP contribution in [0.2, 0.25) is 0 Å². The Balaban J connectivity index is 1.38. The Morgan fingerprint density at radius 1 is 0.963 bits per heavy atom. The second-order valence-electron chi connectivity index (χ2n) is 7.33. The van der Waals surface area contributed by atoms with Gasteiger partial charge in [-0.25, -0.2) is 0 Å². The van der Waals surface area contributed by atoms with Crippen LogP contribution >= 0.6 is 0 Å². The van der Waals surface area contributed by atoms with Crippen LogP contribution in [0.15, 0.2) is 54.6 Å². The van der Waals surface area contributed by atoms with Gasteiger partial charge in [0.1, 0.15) is 0 Å². The molecule has 2 heterocycles. The minimum Gasteiger partial charge on any atom is -0.388 e. The van der Waals surface area contributed by atoms with Crippen molar-refractivity contribution in [2.24, 2.45) is 0 Å². The van der Waals surface area contributed by atoms with E-state index in [4.69, 9.17) is 0 Å². The molecule has 1 saturated heterocycles. The highest BCUT2D eigenvalue weighted by molar-refractivity contribution is 5.92. The van der Waals surface area contributed by atoms with E-state index < -0.39 is 0 Å². The van der Waals surface area contributed by atoms with E-state index >= 15 is 0 Å². The molecule has 4 heteroatoms. The molecule has 0 aliphatic carbocycles. The van der Waals surface area contributed by atoms with E-state index in [-0.39, 0.29) is 0 Å². The summed E-state index contributed by atoms with van der Waals surface area (Å²) in [7, 11) is 1.97. The SMILES string of the molecule is CNc1cccc(CCN2CCN(c3cccc4nc(C)ccc34)CC2)c1. The van der Waals surface area contributed by atoms with Crippen LogP contribution in [0.3, 0.4) is 0 Å². The summed E-state index contributed by atoms with van der Waals surface area (Å²) in [6.45, 7) is 7.55. The van der Waals surface area contributed by atoms with Crippen LogP contribution in [0.1, 0.15) is 11.3 Å². The molecule has 1 N–H and O–H groups in total. The van der Waals surface area contributed by atoms with Crippen LogP contribution in [0.4, 0.5) is 11.4 Å². The molecule has 0 unspecified atom stereocenters. The summed E-state index contributed by atoms with van der Waals surface area (Å²) in [6, 6.07) is 19.5. The van der Waals surface area contributed by atoms with Crippen LogP contribution in [-0.2, 0) is 6.42 Å². The van der Waals surface area contributed by atoms with Gasteiger partial charge in [0.15, 0.2) is 0 Å². The van der Waals surface area contributed by atoms with Crippen molar-refractivity contribution in [1.29, 1.82) is 0 Å². The summed E-state index contributed by atoms with van der Waals surface area (Å²) in [5, 5.41) is 4.49. The number of aryl methyl sites for hydroxylation is 1. The number of pyridine rings is 1. The molecular formula is C23H28N4. The molecule has 3 aromatic rings. The molecule has 1 aromatic heterocycles. The third-order valence-electron chi connectivity index (χ3n) is 5.49. The molecule has 27 heavy (non-hydrogen) atoms. The highest BCUT2D eigenvalue weighted by Crippen LogP contribution is 2.27. The number of benzene rings is 2. The maximum Gasteiger partial charge on any atom is 0.0726 e. The third kappa shape index (κ3) is 4.06. The monoisotopic (exact) mass is 360 g/mol. The highest BCUT2D eigenvalue weighted by Gasteiger charge is 2.18. The summed E-state index contributed by atoms with van der Waals surface area (Å²) in [5.74, 6) is 0. The van der Waals surface area contributed by atoms with Gasteiger partial charge in [-0.15, -0.1) is 0 Å². The number of piperazine rings is 1.